The summed E-state index contributed by atoms with van der Waals surface area (Å²) in [6, 6.07) is 12.9. The van der Waals surface area contributed by atoms with Gasteiger partial charge in [-0.1, -0.05) is 12.1 Å². The molecule has 2 nitrogen and oxygen atoms in total. The second-order valence-corrected chi connectivity index (χ2v) is 5.08. The molecular weight excluding hydrogens is 289 g/mol. The summed E-state index contributed by atoms with van der Waals surface area (Å²) in [5.41, 5.74) is 2.33. The van der Waals surface area contributed by atoms with Crippen LogP contribution < -0.4 is 5.32 Å². The van der Waals surface area contributed by atoms with Gasteiger partial charge in [0.2, 0.25) is 0 Å². The van der Waals surface area contributed by atoms with Crippen molar-refractivity contribution in [1.82, 2.24) is 4.98 Å². The molecule has 0 aliphatic heterocycles. The van der Waals surface area contributed by atoms with Gasteiger partial charge in [0.1, 0.15) is 0 Å². The Labute approximate surface area is 125 Å². The van der Waals surface area contributed by atoms with Crippen molar-refractivity contribution in [2.24, 2.45) is 0 Å². The molecule has 3 rings (SSSR count). The van der Waals surface area contributed by atoms with Gasteiger partial charge < -0.3 is 5.32 Å². The standard InChI is InChI=1S/C17H13F3N2/c1-11-3-2-4-13(9-11)22-16-7-8-21-15-6-5-12(10-14(15)16)17(18,19)20/h2-10H,1H3,(H,21,22). The minimum atomic E-state index is -4.37. The molecule has 5 heteroatoms. The van der Waals surface area contributed by atoms with Crippen LogP contribution in [0.15, 0.2) is 54.7 Å². The number of hydrogen-bond donors (Lipinski definition) is 1. The van der Waals surface area contributed by atoms with E-state index in [2.05, 4.69) is 10.3 Å². The molecule has 0 saturated carbocycles. The van der Waals surface area contributed by atoms with Crippen LogP contribution in [-0.4, -0.2) is 4.98 Å². The number of alkyl halides is 3. The van der Waals surface area contributed by atoms with Gasteiger partial charge in [0.25, 0.3) is 0 Å². The third kappa shape index (κ3) is 2.88. The van der Waals surface area contributed by atoms with Gasteiger partial charge >= 0.3 is 6.18 Å². The number of hydrogen-bond acceptors (Lipinski definition) is 2. The van der Waals surface area contributed by atoms with Crippen molar-refractivity contribution in [3.05, 3.63) is 65.9 Å². The number of rotatable bonds is 2. The molecule has 0 bridgehead atoms. The summed E-state index contributed by atoms with van der Waals surface area (Å²) >= 11 is 0. The lowest BCUT2D eigenvalue weighted by atomic mass is 10.1. The van der Waals surface area contributed by atoms with Gasteiger partial charge in [-0.3, -0.25) is 4.98 Å². The monoisotopic (exact) mass is 302 g/mol. The Morgan fingerprint density at radius 3 is 2.55 bits per heavy atom. The summed E-state index contributed by atoms with van der Waals surface area (Å²) in [5.74, 6) is 0. The van der Waals surface area contributed by atoms with Crippen molar-refractivity contribution in [3.8, 4) is 0 Å². The third-order valence-corrected chi connectivity index (χ3v) is 3.37. The first-order chi connectivity index (χ1) is 10.4. The molecule has 1 N–H and O–H groups in total. The van der Waals surface area contributed by atoms with Crippen LogP contribution in [-0.2, 0) is 6.18 Å². The highest BCUT2D eigenvalue weighted by Gasteiger charge is 2.30. The van der Waals surface area contributed by atoms with Gasteiger partial charge in [-0.2, -0.15) is 13.2 Å². The summed E-state index contributed by atoms with van der Waals surface area (Å²) in [7, 11) is 0. The van der Waals surface area contributed by atoms with Crippen molar-refractivity contribution in [1.29, 1.82) is 0 Å². The van der Waals surface area contributed by atoms with E-state index < -0.39 is 11.7 Å². The largest absolute Gasteiger partial charge is 0.416 e. The molecule has 0 amide bonds. The third-order valence-electron chi connectivity index (χ3n) is 3.37. The smallest absolute Gasteiger partial charge is 0.355 e. The number of fused-ring (bicyclic) bond motifs is 1. The molecule has 0 aliphatic carbocycles. The first-order valence-corrected chi connectivity index (χ1v) is 6.73. The summed E-state index contributed by atoms with van der Waals surface area (Å²) in [4.78, 5) is 4.12. The van der Waals surface area contributed by atoms with Crippen molar-refractivity contribution in [2.75, 3.05) is 5.32 Å². The quantitative estimate of drug-likeness (QED) is 0.694. The molecule has 0 unspecified atom stereocenters. The van der Waals surface area contributed by atoms with Crippen molar-refractivity contribution < 1.29 is 13.2 Å². The lowest BCUT2D eigenvalue weighted by molar-refractivity contribution is -0.137. The van der Waals surface area contributed by atoms with Crippen LogP contribution in [0.1, 0.15) is 11.1 Å². The highest BCUT2D eigenvalue weighted by molar-refractivity contribution is 5.93. The van der Waals surface area contributed by atoms with E-state index in [1.165, 1.54) is 6.07 Å². The molecule has 22 heavy (non-hydrogen) atoms. The first-order valence-electron chi connectivity index (χ1n) is 6.73. The molecule has 1 aromatic heterocycles. The Morgan fingerprint density at radius 1 is 1.00 bits per heavy atom. The molecular formula is C17H13F3N2. The van der Waals surface area contributed by atoms with E-state index in [1.54, 1.807) is 12.3 Å². The molecule has 0 atom stereocenters. The van der Waals surface area contributed by atoms with Crippen LogP contribution >= 0.6 is 0 Å². The minimum Gasteiger partial charge on any atom is -0.355 e. The molecule has 112 valence electrons. The van der Waals surface area contributed by atoms with Gasteiger partial charge in [0.15, 0.2) is 0 Å². The molecule has 0 spiro atoms. The summed E-state index contributed by atoms with van der Waals surface area (Å²) in [6.45, 7) is 1.96. The number of aromatic nitrogens is 1. The number of nitrogens with one attached hydrogen (secondary N) is 1. The van der Waals surface area contributed by atoms with Gasteiger partial charge in [-0.25, -0.2) is 0 Å². The van der Waals surface area contributed by atoms with Gasteiger partial charge in [0, 0.05) is 23.0 Å². The van der Waals surface area contributed by atoms with Gasteiger partial charge in [-0.05, 0) is 48.9 Å². The Kier molecular flexibility index (Phi) is 3.48. The summed E-state index contributed by atoms with van der Waals surface area (Å²) in [6.07, 6.45) is -2.79. The van der Waals surface area contributed by atoms with Crippen LogP contribution in [0.4, 0.5) is 24.5 Å². The van der Waals surface area contributed by atoms with Crippen molar-refractivity contribution >= 4 is 22.3 Å². The average molecular weight is 302 g/mol. The van der Waals surface area contributed by atoms with Crippen LogP contribution in [0.2, 0.25) is 0 Å². The second kappa shape index (κ2) is 5.33. The van der Waals surface area contributed by atoms with E-state index in [9.17, 15) is 13.2 Å². The number of aryl methyl sites for hydroxylation is 1. The van der Waals surface area contributed by atoms with Gasteiger partial charge in [-0.15, -0.1) is 0 Å². The average Bonchev–Trinajstić information content (AvgIpc) is 2.46. The predicted molar refractivity (Wildman–Crippen MR) is 81.2 cm³/mol. The fraction of sp³-hybridized carbons (Fsp3) is 0.118. The highest BCUT2D eigenvalue weighted by atomic mass is 19.4. The number of anilines is 2. The van der Waals surface area contributed by atoms with E-state index in [0.717, 1.165) is 23.4 Å². The lowest BCUT2D eigenvalue weighted by Crippen LogP contribution is -2.05. The zero-order chi connectivity index (χ0) is 15.7. The Hall–Kier alpha value is -2.56. The zero-order valence-electron chi connectivity index (χ0n) is 11.8. The van der Waals surface area contributed by atoms with Crippen LogP contribution in [0.5, 0.6) is 0 Å². The van der Waals surface area contributed by atoms with Crippen LogP contribution in [0.25, 0.3) is 10.9 Å². The Morgan fingerprint density at radius 2 is 1.82 bits per heavy atom. The van der Waals surface area contributed by atoms with Crippen molar-refractivity contribution in [2.45, 2.75) is 13.1 Å². The van der Waals surface area contributed by atoms with Crippen molar-refractivity contribution in [3.63, 3.8) is 0 Å². The fourth-order valence-electron chi connectivity index (χ4n) is 2.31. The van der Waals surface area contributed by atoms with E-state index in [4.69, 9.17) is 0 Å². The molecule has 0 fully saturated rings. The zero-order valence-corrected chi connectivity index (χ0v) is 11.8. The highest BCUT2D eigenvalue weighted by Crippen LogP contribution is 2.33. The molecule has 0 radical (unpaired) electrons. The van der Waals surface area contributed by atoms with Gasteiger partial charge in [0.05, 0.1) is 11.1 Å². The molecule has 1 heterocycles. The second-order valence-electron chi connectivity index (χ2n) is 5.08. The number of nitrogens with zero attached hydrogens (tertiary/aromatic N) is 1. The lowest BCUT2D eigenvalue weighted by Gasteiger charge is -2.12. The summed E-state index contributed by atoms with van der Waals surface area (Å²) in [5, 5.41) is 3.60. The van der Waals surface area contributed by atoms with Crippen LogP contribution in [0, 0.1) is 6.92 Å². The normalized spacial score (nSPS) is 11.6. The number of benzene rings is 2. The maximum absolute atomic E-state index is 12.9. The van der Waals surface area contributed by atoms with E-state index in [-0.39, 0.29) is 0 Å². The number of pyridine rings is 1. The maximum Gasteiger partial charge on any atom is 0.416 e. The van der Waals surface area contributed by atoms with Crippen LogP contribution in [0.3, 0.4) is 0 Å². The number of halogens is 3. The summed E-state index contributed by atoms with van der Waals surface area (Å²) < 4.78 is 38.7. The van der Waals surface area contributed by atoms with E-state index in [1.807, 2.05) is 31.2 Å². The minimum absolute atomic E-state index is 0.443. The van der Waals surface area contributed by atoms with E-state index >= 15 is 0 Å². The predicted octanol–water partition coefficient (Wildman–Crippen LogP) is 5.31. The molecule has 3 aromatic rings. The molecule has 0 aliphatic rings. The SMILES string of the molecule is Cc1cccc(Nc2ccnc3ccc(C(F)(F)F)cc23)c1. The Bertz CT molecular complexity index is 825. The maximum atomic E-state index is 12.9. The molecule has 0 saturated heterocycles. The Balaban J connectivity index is 2.09. The van der Waals surface area contributed by atoms with E-state index in [0.29, 0.717) is 16.6 Å². The topological polar surface area (TPSA) is 24.9 Å². The molecule has 2 aromatic carbocycles. The first kappa shape index (κ1) is 14.4. The fourth-order valence-corrected chi connectivity index (χ4v) is 2.31.